The Morgan fingerprint density at radius 3 is 2.68 bits per heavy atom. The van der Waals surface area contributed by atoms with Gasteiger partial charge in [0.05, 0.1) is 19.3 Å². The lowest BCUT2D eigenvalue weighted by Gasteiger charge is -2.21. The van der Waals surface area contributed by atoms with E-state index in [0.717, 1.165) is 0 Å². The third kappa shape index (κ3) is 4.96. The van der Waals surface area contributed by atoms with Gasteiger partial charge < -0.3 is 14.4 Å². The van der Waals surface area contributed by atoms with E-state index in [2.05, 4.69) is 25.7 Å². The summed E-state index contributed by atoms with van der Waals surface area (Å²) in [6, 6.07) is 1.65. The van der Waals surface area contributed by atoms with Crippen LogP contribution in [0.2, 0.25) is 0 Å². The van der Waals surface area contributed by atoms with Crippen molar-refractivity contribution in [1.82, 2.24) is 9.88 Å². The van der Waals surface area contributed by atoms with Gasteiger partial charge in [-0.2, -0.15) is 0 Å². The zero-order valence-electron chi connectivity index (χ0n) is 10.8. The minimum atomic E-state index is -0.479. The van der Waals surface area contributed by atoms with E-state index in [-0.39, 0.29) is 12.5 Å². The van der Waals surface area contributed by atoms with Crippen LogP contribution in [0.3, 0.4) is 0 Å². The summed E-state index contributed by atoms with van der Waals surface area (Å²) >= 11 is 3.25. The van der Waals surface area contributed by atoms with Crippen LogP contribution >= 0.6 is 15.9 Å². The van der Waals surface area contributed by atoms with Gasteiger partial charge in [0.25, 0.3) is 5.91 Å². The number of esters is 1. The van der Waals surface area contributed by atoms with Gasteiger partial charge in [0.2, 0.25) is 0 Å². The summed E-state index contributed by atoms with van der Waals surface area (Å²) in [5.74, 6) is -0.774. The fourth-order valence-electron chi connectivity index (χ4n) is 1.39. The Morgan fingerprint density at radius 1 is 1.37 bits per heavy atom. The molecule has 0 N–H and O–H groups in total. The molecular formula is C12H15BrN2O4. The van der Waals surface area contributed by atoms with Crippen molar-refractivity contribution < 1.29 is 19.1 Å². The number of methoxy groups -OCH3 is 2. The number of carbonyl (C=O) groups excluding carboxylic acids is 2. The van der Waals surface area contributed by atoms with Crippen LogP contribution in [0.4, 0.5) is 0 Å². The topological polar surface area (TPSA) is 68.7 Å². The highest BCUT2D eigenvalue weighted by molar-refractivity contribution is 9.10. The second-order valence-electron chi connectivity index (χ2n) is 3.69. The number of halogens is 1. The largest absolute Gasteiger partial charge is 0.468 e. The molecule has 0 aliphatic rings. The van der Waals surface area contributed by atoms with E-state index in [1.165, 1.54) is 25.3 Å². The lowest BCUT2D eigenvalue weighted by atomic mass is 10.2. The molecule has 104 valence electrons. The first-order valence-corrected chi connectivity index (χ1v) is 6.33. The van der Waals surface area contributed by atoms with E-state index in [0.29, 0.717) is 23.2 Å². The van der Waals surface area contributed by atoms with Crippen LogP contribution < -0.4 is 0 Å². The summed E-state index contributed by atoms with van der Waals surface area (Å²) in [5.41, 5.74) is 0.398. The zero-order valence-corrected chi connectivity index (χ0v) is 12.3. The molecule has 0 atom stereocenters. The van der Waals surface area contributed by atoms with Gasteiger partial charge in [-0.1, -0.05) is 0 Å². The van der Waals surface area contributed by atoms with Crippen LogP contribution in [0.15, 0.2) is 22.9 Å². The smallest absolute Gasteiger partial charge is 0.325 e. The lowest BCUT2D eigenvalue weighted by Crippen LogP contribution is -2.38. The van der Waals surface area contributed by atoms with E-state index in [9.17, 15) is 9.59 Å². The van der Waals surface area contributed by atoms with E-state index >= 15 is 0 Å². The number of nitrogens with zero attached hydrogens (tertiary/aromatic N) is 2. The number of aromatic nitrogens is 1. The van der Waals surface area contributed by atoms with Crippen molar-refractivity contribution in [2.75, 3.05) is 33.9 Å². The number of amides is 1. The molecule has 6 nitrogen and oxygen atoms in total. The second-order valence-corrected chi connectivity index (χ2v) is 4.60. The fourth-order valence-corrected chi connectivity index (χ4v) is 1.75. The number of ether oxygens (including phenoxy) is 2. The molecule has 0 unspecified atom stereocenters. The highest BCUT2D eigenvalue weighted by Crippen LogP contribution is 2.11. The number of hydrogen-bond acceptors (Lipinski definition) is 5. The molecule has 0 saturated heterocycles. The first kappa shape index (κ1) is 15.6. The minimum Gasteiger partial charge on any atom is -0.468 e. The Bertz CT molecular complexity index is 453. The number of carbonyl (C=O) groups is 2. The predicted molar refractivity (Wildman–Crippen MR) is 71.7 cm³/mol. The quantitative estimate of drug-likeness (QED) is 0.731. The normalized spacial score (nSPS) is 10.1. The SMILES string of the molecule is COCCN(CC(=O)OC)C(=O)c1cncc(Br)c1. The lowest BCUT2D eigenvalue weighted by molar-refractivity contribution is -0.141. The van der Waals surface area contributed by atoms with Crippen molar-refractivity contribution >= 4 is 27.8 Å². The molecule has 0 aromatic carbocycles. The Kier molecular flexibility index (Phi) is 6.44. The Labute approximate surface area is 119 Å². The van der Waals surface area contributed by atoms with Crippen molar-refractivity contribution in [2.24, 2.45) is 0 Å². The summed E-state index contributed by atoms with van der Waals surface area (Å²) in [7, 11) is 2.81. The second kappa shape index (κ2) is 7.85. The molecule has 1 aromatic heterocycles. The third-order valence-electron chi connectivity index (χ3n) is 2.35. The monoisotopic (exact) mass is 330 g/mol. The first-order valence-electron chi connectivity index (χ1n) is 5.54. The predicted octanol–water partition coefficient (Wildman–Crippen LogP) is 1.11. The summed E-state index contributed by atoms with van der Waals surface area (Å²) < 4.78 is 10.2. The Hall–Kier alpha value is -1.47. The van der Waals surface area contributed by atoms with Crippen molar-refractivity contribution in [1.29, 1.82) is 0 Å². The maximum absolute atomic E-state index is 12.3. The first-order chi connectivity index (χ1) is 9.08. The summed E-state index contributed by atoms with van der Waals surface area (Å²) in [5, 5.41) is 0. The average molecular weight is 331 g/mol. The maximum Gasteiger partial charge on any atom is 0.325 e. The molecule has 0 saturated carbocycles. The molecule has 0 bridgehead atoms. The van der Waals surface area contributed by atoms with Crippen molar-refractivity contribution in [3.63, 3.8) is 0 Å². The molecule has 1 amide bonds. The molecule has 19 heavy (non-hydrogen) atoms. The van der Waals surface area contributed by atoms with Gasteiger partial charge in [0.1, 0.15) is 6.54 Å². The molecule has 0 spiro atoms. The van der Waals surface area contributed by atoms with Gasteiger partial charge in [-0.15, -0.1) is 0 Å². The Balaban J connectivity index is 2.83. The van der Waals surface area contributed by atoms with Gasteiger partial charge in [-0.3, -0.25) is 14.6 Å². The van der Waals surface area contributed by atoms with Gasteiger partial charge in [-0.25, -0.2) is 0 Å². The number of hydrogen-bond donors (Lipinski definition) is 0. The van der Waals surface area contributed by atoms with Gasteiger partial charge >= 0.3 is 5.97 Å². The highest BCUT2D eigenvalue weighted by Gasteiger charge is 2.19. The molecular weight excluding hydrogens is 316 g/mol. The highest BCUT2D eigenvalue weighted by atomic mass is 79.9. The molecule has 0 radical (unpaired) electrons. The maximum atomic E-state index is 12.3. The average Bonchev–Trinajstić information content (AvgIpc) is 2.42. The number of pyridine rings is 1. The zero-order chi connectivity index (χ0) is 14.3. The minimum absolute atomic E-state index is 0.120. The molecule has 1 rings (SSSR count). The molecule has 0 aliphatic carbocycles. The summed E-state index contributed by atoms with van der Waals surface area (Å²) in [4.78, 5) is 28.8. The standard InChI is InChI=1S/C12H15BrN2O4/c1-18-4-3-15(8-11(16)19-2)12(17)9-5-10(13)7-14-6-9/h5-7H,3-4,8H2,1-2H3. The Morgan fingerprint density at radius 2 is 2.11 bits per heavy atom. The van der Waals surface area contributed by atoms with Gasteiger partial charge in [0, 0.05) is 30.5 Å². The van der Waals surface area contributed by atoms with Gasteiger partial charge in [0.15, 0.2) is 0 Å². The van der Waals surface area contributed by atoms with E-state index in [1.54, 1.807) is 12.3 Å². The van der Waals surface area contributed by atoms with Crippen molar-refractivity contribution in [3.8, 4) is 0 Å². The van der Waals surface area contributed by atoms with Crippen LogP contribution in [0.1, 0.15) is 10.4 Å². The molecule has 7 heteroatoms. The van der Waals surface area contributed by atoms with Gasteiger partial charge in [-0.05, 0) is 22.0 Å². The van der Waals surface area contributed by atoms with Crippen LogP contribution in [0.25, 0.3) is 0 Å². The third-order valence-corrected chi connectivity index (χ3v) is 2.79. The van der Waals surface area contributed by atoms with Crippen LogP contribution in [0.5, 0.6) is 0 Å². The molecule has 0 fully saturated rings. The van der Waals surface area contributed by atoms with E-state index in [1.807, 2.05) is 0 Å². The van der Waals surface area contributed by atoms with Crippen molar-refractivity contribution in [2.45, 2.75) is 0 Å². The summed E-state index contributed by atoms with van der Waals surface area (Å²) in [6.07, 6.45) is 3.03. The van der Waals surface area contributed by atoms with Crippen LogP contribution in [-0.4, -0.2) is 55.7 Å². The van der Waals surface area contributed by atoms with Crippen molar-refractivity contribution in [3.05, 3.63) is 28.5 Å². The summed E-state index contributed by atoms with van der Waals surface area (Å²) in [6.45, 7) is 0.520. The molecule has 0 aliphatic heterocycles. The molecule has 1 heterocycles. The fraction of sp³-hybridized carbons (Fsp3) is 0.417. The molecule has 1 aromatic rings. The van der Waals surface area contributed by atoms with E-state index < -0.39 is 5.97 Å². The van der Waals surface area contributed by atoms with Crippen LogP contribution in [0, 0.1) is 0 Å². The number of rotatable bonds is 6. The van der Waals surface area contributed by atoms with E-state index in [4.69, 9.17) is 4.74 Å². The van der Waals surface area contributed by atoms with Crippen LogP contribution in [-0.2, 0) is 14.3 Å².